The predicted molar refractivity (Wildman–Crippen MR) is 70.6 cm³/mol. The molecular weight excluding hydrogens is 246 g/mol. The number of carbonyl (C=O) groups excluding carboxylic acids is 1. The Hall–Kier alpha value is -2.47. The first kappa shape index (κ1) is 13.0. The van der Waals surface area contributed by atoms with E-state index in [9.17, 15) is 9.59 Å². The molecule has 0 saturated heterocycles. The van der Waals surface area contributed by atoms with Crippen LogP contribution in [0.1, 0.15) is 6.42 Å². The highest BCUT2D eigenvalue weighted by Crippen LogP contribution is 2.20. The number of anilines is 1. The maximum atomic E-state index is 11.8. The standard InChI is InChI=1S/C13H13N3O3/c14-9(7-11(17)18)13(19)16-10-5-1-3-8-4-2-6-15-12(8)10/h1-6,9H,7,14H2,(H,16,19)(H,17,18). The van der Waals surface area contributed by atoms with Crippen LogP contribution in [0.4, 0.5) is 5.69 Å². The number of aromatic nitrogens is 1. The molecule has 0 fully saturated rings. The van der Waals surface area contributed by atoms with Crippen molar-refractivity contribution in [2.75, 3.05) is 5.32 Å². The zero-order chi connectivity index (χ0) is 13.8. The molecule has 2 rings (SSSR count). The number of hydrogen-bond acceptors (Lipinski definition) is 4. The van der Waals surface area contributed by atoms with Gasteiger partial charge in [0.2, 0.25) is 5.91 Å². The van der Waals surface area contributed by atoms with E-state index >= 15 is 0 Å². The summed E-state index contributed by atoms with van der Waals surface area (Å²) in [6, 6.07) is 7.92. The van der Waals surface area contributed by atoms with E-state index in [1.54, 1.807) is 24.4 Å². The normalized spacial score (nSPS) is 12.1. The first-order valence-corrected chi connectivity index (χ1v) is 5.70. The fourth-order valence-electron chi connectivity index (χ4n) is 1.71. The lowest BCUT2D eigenvalue weighted by Crippen LogP contribution is -2.37. The van der Waals surface area contributed by atoms with Gasteiger partial charge in [0.1, 0.15) is 0 Å². The lowest BCUT2D eigenvalue weighted by molar-refractivity contribution is -0.138. The molecule has 0 aliphatic carbocycles. The van der Waals surface area contributed by atoms with Crippen LogP contribution in [0.2, 0.25) is 0 Å². The maximum Gasteiger partial charge on any atom is 0.305 e. The highest BCUT2D eigenvalue weighted by molar-refractivity contribution is 6.02. The van der Waals surface area contributed by atoms with Crippen LogP contribution in [-0.4, -0.2) is 28.0 Å². The van der Waals surface area contributed by atoms with Crippen molar-refractivity contribution in [1.29, 1.82) is 0 Å². The summed E-state index contributed by atoms with van der Waals surface area (Å²) in [6.45, 7) is 0. The summed E-state index contributed by atoms with van der Waals surface area (Å²) >= 11 is 0. The van der Waals surface area contributed by atoms with Crippen LogP contribution in [0.3, 0.4) is 0 Å². The van der Waals surface area contributed by atoms with Crippen LogP contribution in [0, 0.1) is 0 Å². The molecule has 0 aliphatic heterocycles. The van der Waals surface area contributed by atoms with Gasteiger partial charge in [0.05, 0.1) is 23.7 Å². The number of rotatable bonds is 4. The second-order valence-electron chi connectivity index (χ2n) is 4.07. The Kier molecular flexibility index (Phi) is 3.72. The van der Waals surface area contributed by atoms with Gasteiger partial charge in [-0.15, -0.1) is 0 Å². The monoisotopic (exact) mass is 259 g/mol. The molecule has 0 spiro atoms. The molecule has 4 N–H and O–H groups in total. The Morgan fingerprint density at radius 2 is 2.05 bits per heavy atom. The number of nitrogens with one attached hydrogen (secondary N) is 1. The van der Waals surface area contributed by atoms with Crippen LogP contribution >= 0.6 is 0 Å². The Morgan fingerprint density at radius 1 is 1.32 bits per heavy atom. The molecule has 6 nitrogen and oxygen atoms in total. The lowest BCUT2D eigenvalue weighted by atomic mass is 10.1. The molecule has 6 heteroatoms. The van der Waals surface area contributed by atoms with Gasteiger partial charge in [-0.3, -0.25) is 14.6 Å². The number of pyridine rings is 1. The van der Waals surface area contributed by atoms with Crippen molar-refractivity contribution >= 4 is 28.5 Å². The summed E-state index contributed by atoms with van der Waals surface area (Å²) in [5.74, 6) is -1.65. The second-order valence-corrected chi connectivity index (χ2v) is 4.07. The molecule has 1 amide bonds. The van der Waals surface area contributed by atoms with E-state index in [-0.39, 0.29) is 0 Å². The van der Waals surface area contributed by atoms with Crippen molar-refractivity contribution in [3.05, 3.63) is 36.5 Å². The first-order chi connectivity index (χ1) is 9.08. The molecule has 19 heavy (non-hydrogen) atoms. The van der Waals surface area contributed by atoms with E-state index in [0.717, 1.165) is 5.39 Å². The fourth-order valence-corrected chi connectivity index (χ4v) is 1.71. The van der Waals surface area contributed by atoms with Crippen molar-refractivity contribution < 1.29 is 14.7 Å². The van der Waals surface area contributed by atoms with E-state index in [1.807, 2.05) is 12.1 Å². The number of carboxylic acid groups (broad SMARTS) is 1. The van der Waals surface area contributed by atoms with Gasteiger partial charge >= 0.3 is 5.97 Å². The lowest BCUT2D eigenvalue weighted by Gasteiger charge is -2.11. The smallest absolute Gasteiger partial charge is 0.305 e. The van der Waals surface area contributed by atoms with E-state index in [0.29, 0.717) is 11.2 Å². The van der Waals surface area contributed by atoms with Crippen LogP contribution in [0.25, 0.3) is 10.9 Å². The number of fused-ring (bicyclic) bond motifs is 1. The molecule has 1 aromatic carbocycles. The number of benzene rings is 1. The van der Waals surface area contributed by atoms with E-state index in [4.69, 9.17) is 10.8 Å². The van der Waals surface area contributed by atoms with Crippen LogP contribution < -0.4 is 11.1 Å². The summed E-state index contributed by atoms with van der Waals surface area (Å²) in [5, 5.41) is 12.1. The molecule has 1 heterocycles. The number of carboxylic acids is 1. The quantitative estimate of drug-likeness (QED) is 0.758. The molecule has 1 atom stereocenters. The van der Waals surface area contributed by atoms with Gasteiger partial charge in [0.25, 0.3) is 0 Å². The van der Waals surface area contributed by atoms with Crippen molar-refractivity contribution in [2.24, 2.45) is 5.73 Å². The van der Waals surface area contributed by atoms with E-state index in [2.05, 4.69) is 10.3 Å². The number of nitrogens with zero attached hydrogens (tertiary/aromatic N) is 1. The van der Waals surface area contributed by atoms with Gasteiger partial charge in [-0.1, -0.05) is 18.2 Å². The molecule has 0 saturated carbocycles. The molecule has 1 unspecified atom stereocenters. The SMILES string of the molecule is NC(CC(=O)O)C(=O)Nc1cccc2cccnc12. The largest absolute Gasteiger partial charge is 0.481 e. The van der Waals surface area contributed by atoms with Crippen molar-refractivity contribution in [2.45, 2.75) is 12.5 Å². The van der Waals surface area contributed by atoms with Gasteiger partial charge in [0, 0.05) is 11.6 Å². The Bertz CT molecular complexity index is 622. The molecule has 0 bridgehead atoms. The highest BCUT2D eigenvalue weighted by Gasteiger charge is 2.17. The summed E-state index contributed by atoms with van der Waals surface area (Å²) < 4.78 is 0. The average molecular weight is 259 g/mol. The third kappa shape index (κ3) is 3.05. The van der Waals surface area contributed by atoms with Crippen molar-refractivity contribution in [1.82, 2.24) is 4.98 Å². The summed E-state index contributed by atoms with van der Waals surface area (Å²) in [4.78, 5) is 26.5. The van der Waals surface area contributed by atoms with Gasteiger partial charge in [0.15, 0.2) is 0 Å². The zero-order valence-electron chi connectivity index (χ0n) is 10.0. The maximum absolute atomic E-state index is 11.8. The summed E-state index contributed by atoms with van der Waals surface area (Å²) in [5.41, 5.74) is 6.65. The molecule has 98 valence electrons. The molecule has 0 aliphatic rings. The van der Waals surface area contributed by atoms with Crippen LogP contribution in [-0.2, 0) is 9.59 Å². The van der Waals surface area contributed by atoms with Crippen LogP contribution in [0.5, 0.6) is 0 Å². The number of amides is 1. The third-order valence-corrected chi connectivity index (χ3v) is 2.62. The van der Waals surface area contributed by atoms with Crippen molar-refractivity contribution in [3.63, 3.8) is 0 Å². The van der Waals surface area contributed by atoms with E-state index < -0.39 is 24.3 Å². The second kappa shape index (κ2) is 5.45. The predicted octanol–water partition coefficient (Wildman–Crippen LogP) is 0.975. The fraction of sp³-hybridized carbons (Fsp3) is 0.154. The minimum absolute atomic E-state index is 0.413. The third-order valence-electron chi connectivity index (χ3n) is 2.62. The van der Waals surface area contributed by atoms with Gasteiger partial charge in [-0.05, 0) is 12.1 Å². The average Bonchev–Trinajstić information content (AvgIpc) is 2.38. The van der Waals surface area contributed by atoms with Gasteiger partial charge in [-0.25, -0.2) is 0 Å². The molecule has 2 aromatic rings. The Labute approximate surface area is 109 Å². The van der Waals surface area contributed by atoms with Gasteiger partial charge < -0.3 is 16.2 Å². The summed E-state index contributed by atoms with van der Waals surface area (Å²) in [7, 11) is 0. The topological polar surface area (TPSA) is 105 Å². The van der Waals surface area contributed by atoms with E-state index in [1.165, 1.54) is 0 Å². The number of nitrogens with two attached hydrogens (primary N) is 1. The zero-order valence-corrected chi connectivity index (χ0v) is 10.0. The number of aliphatic carboxylic acids is 1. The van der Waals surface area contributed by atoms with Crippen molar-refractivity contribution in [3.8, 4) is 0 Å². The molecular formula is C13H13N3O3. The minimum atomic E-state index is -1.11. The first-order valence-electron chi connectivity index (χ1n) is 5.70. The Morgan fingerprint density at radius 3 is 2.79 bits per heavy atom. The minimum Gasteiger partial charge on any atom is -0.481 e. The van der Waals surface area contributed by atoms with Gasteiger partial charge in [-0.2, -0.15) is 0 Å². The Balaban J connectivity index is 2.22. The molecule has 0 radical (unpaired) electrons. The number of hydrogen-bond donors (Lipinski definition) is 3. The van der Waals surface area contributed by atoms with Crippen LogP contribution in [0.15, 0.2) is 36.5 Å². The summed E-state index contributed by atoms with van der Waals surface area (Å²) in [6.07, 6.45) is 1.21. The number of para-hydroxylation sites is 1. The number of carbonyl (C=O) groups is 2. The highest BCUT2D eigenvalue weighted by atomic mass is 16.4. The molecule has 1 aromatic heterocycles.